The molecule has 2 aromatic heterocycles. The van der Waals surface area contributed by atoms with Crippen molar-refractivity contribution in [3.8, 4) is 17.3 Å². The van der Waals surface area contributed by atoms with Crippen LogP contribution in [-0.4, -0.2) is 28.7 Å². The number of benzene rings is 1. The van der Waals surface area contributed by atoms with Crippen LogP contribution in [-0.2, 0) is 22.4 Å². The number of aromatic amines is 1. The molecule has 1 amide bonds. The molecule has 8 heteroatoms. The number of anilines is 1. The first-order chi connectivity index (χ1) is 15.6. The fraction of sp³-hybridized carbons (Fsp3) is 0.250. The number of amides is 1. The number of thiophene rings is 1. The van der Waals surface area contributed by atoms with Crippen LogP contribution in [0, 0.1) is 11.3 Å². The first kappa shape index (κ1) is 21.5. The number of fused-ring (bicyclic) bond motifs is 1. The van der Waals surface area contributed by atoms with Crippen molar-refractivity contribution < 1.29 is 14.3 Å². The highest BCUT2D eigenvalue weighted by Crippen LogP contribution is 2.39. The van der Waals surface area contributed by atoms with Gasteiger partial charge >= 0.3 is 5.97 Å². The molecule has 4 rings (SSSR count). The van der Waals surface area contributed by atoms with Crippen molar-refractivity contribution in [2.75, 3.05) is 11.9 Å². The highest BCUT2D eigenvalue weighted by molar-refractivity contribution is 7.17. The van der Waals surface area contributed by atoms with Crippen LogP contribution in [0.5, 0.6) is 0 Å². The molecule has 0 saturated carbocycles. The van der Waals surface area contributed by atoms with Gasteiger partial charge in [0.2, 0.25) is 0 Å². The first-order valence-corrected chi connectivity index (χ1v) is 11.3. The summed E-state index contributed by atoms with van der Waals surface area (Å²) in [5.41, 5.74) is 3.53. The Balaban J connectivity index is 1.64. The lowest BCUT2D eigenvalue weighted by molar-refractivity contribution is -0.112. The molecule has 2 N–H and O–H groups in total. The van der Waals surface area contributed by atoms with Crippen LogP contribution in [0.25, 0.3) is 17.3 Å². The van der Waals surface area contributed by atoms with Crippen molar-refractivity contribution in [1.29, 1.82) is 5.26 Å². The number of hydrogen-bond donors (Lipinski definition) is 2. The van der Waals surface area contributed by atoms with Gasteiger partial charge in [0.1, 0.15) is 16.6 Å². The Labute approximate surface area is 189 Å². The van der Waals surface area contributed by atoms with E-state index in [1.807, 2.05) is 36.4 Å². The second-order valence-corrected chi connectivity index (χ2v) is 8.43. The lowest BCUT2D eigenvalue weighted by Gasteiger charge is -2.12. The molecule has 2 heterocycles. The van der Waals surface area contributed by atoms with Gasteiger partial charge in [0.25, 0.3) is 5.91 Å². The molecular weight excluding hydrogens is 424 g/mol. The number of aromatic nitrogens is 2. The molecule has 1 aliphatic rings. The predicted molar refractivity (Wildman–Crippen MR) is 123 cm³/mol. The fourth-order valence-corrected chi connectivity index (χ4v) is 5.06. The van der Waals surface area contributed by atoms with E-state index in [-0.39, 0.29) is 12.2 Å². The lowest BCUT2D eigenvalue weighted by Crippen LogP contribution is -2.16. The Kier molecular flexibility index (Phi) is 6.47. The van der Waals surface area contributed by atoms with E-state index in [0.29, 0.717) is 21.8 Å². The van der Waals surface area contributed by atoms with Gasteiger partial charge < -0.3 is 10.1 Å². The fourth-order valence-electron chi connectivity index (χ4n) is 3.79. The van der Waals surface area contributed by atoms with Crippen LogP contribution in [0.1, 0.15) is 46.1 Å². The second kappa shape index (κ2) is 9.62. The average molecular weight is 447 g/mol. The highest BCUT2D eigenvalue weighted by atomic mass is 32.1. The van der Waals surface area contributed by atoms with Crippen LogP contribution < -0.4 is 5.32 Å². The van der Waals surface area contributed by atoms with Gasteiger partial charge in [-0.05, 0) is 44.2 Å². The molecule has 0 atom stereocenters. The van der Waals surface area contributed by atoms with Crippen LogP contribution in [0.15, 0.2) is 42.1 Å². The molecule has 32 heavy (non-hydrogen) atoms. The van der Waals surface area contributed by atoms with E-state index in [2.05, 4.69) is 15.5 Å². The van der Waals surface area contributed by atoms with Gasteiger partial charge in [0.15, 0.2) is 0 Å². The third-order valence-corrected chi connectivity index (χ3v) is 6.48. The summed E-state index contributed by atoms with van der Waals surface area (Å²) in [4.78, 5) is 26.7. The van der Waals surface area contributed by atoms with Crippen molar-refractivity contribution in [1.82, 2.24) is 10.2 Å². The summed E-state index contributed by atoms with van der Waals surface area (Å²) in [6, 6.07) is 11.5. The summed E-state index contributed by atoms with van der Waals surface area (Å²) in [5.74, 6) is -1.01. The zero-order valence-corrected chi connectivity index (χ0v) is 18.4. The standard InChI is InChI=1S/C24H22N4O3S/c1-2-31-24(30)20-18-10-6-7-11-19(18)32-23(20)27-22(29)16(13-25)12-17-14-26-28-21(17)15-8-4-3-5-9-15/h3-5,8-9,12,14H,2,6-7,10-11H2,1H3,(H,26,28)(H,27,29)/b16-12-. The maximum Gasteiger partial charge on any atom is 0.341 e. The zero-order valence-electron chi connectivity index (χ0n) is 17.6. The summed E-state index contributed by atoms with van der Waals surface area (Å²) in [5, 5.41) is 19.9. The quantitative estimate of drug-likeness (QED) is 0.323. The number of nitrogens with zero attached hydrogens (tertiary/aromatic N) is 2. The molecule has 1 aromatic carbocycles. The number of aryl methyl sites for hydroxylation is 1. The molecule has 0 spiro atoms. The summed E-state index contributed by atoms with van der Waals surface area (Å²) in [6.45, 7) is 2.00. The van der Waals surface area contributed by atoms with E-state index >= 15 is 0 Å². The second-order valence-electron chi connectivity index (χ2n) is 7.33. The number of rotatable bonds is 6. The maximum atomic E-state index is 13.0. The molecule has 7 nitrogen and oxygen atoms in total. The van der Waals surface area contributed by atoms with Gasteiger partial charge in [0, 0.05) is 16.0 Å². The highest BCUT2D eigenvalue weighted by Gasteiger charge is 2.28. The summed E-state index contributed by atoms with van der Waals surface area (Å²) < 4.78 is 5.24. The normalized spacial score (nSPS) is 13.2. The molecule has 0 aliphatic heterocycles. The van der Waals surface area contributed by atoms with Gasteiger partial charge in [-0.3, -0.25) is 9.89 Å². The Morgan fingerprint density at radius 2 is 2.06 bits per heavy atom. The van der Waals surface area contributed by atoms with E-state index in [0.717, 1.165) is 41.7 Å². The SMILES string of the molecule is CCOC(=O)c1c(NC(=O)/C(C#N)=C\c2cn[nH]c2-c2ccccc2)sc2c1CCCC2. The van der Waals surface area contributed by atoms with E-state index < -0.39 is 11.9 Å². The van der Waals surface area contributed by atoms with E-state index in [1.165, 1.54) is 17.4 Å². The minimum atomic E-state index is -0.572. The number of H-pyrrole nitrogens is 1. The Bertz CT molecular complexity index is 1220. The maximum absolute atomic E-state index is 13.0. The number of esters is 1. The van der Waals surface area contributed by atoms with Gasteiger partial charge in [0.05, 0.1) is 24.1 Å². The van der Waals surface area contributed by atoms with Crippen LogP contribution in [0.2, 0.25) is 0 Å². The van der Waals surface area contributed by atoms with Crippen LogP contribution >= 0.6 is 11.3 Å². The number of hydrogen-bond acceptors (Lipinski definition) is 6. The largest absolute Gasteiger partial charge is 0.462 e. The zero-order chi connectivity index (χ0) is 22.5. The minimum absolute atomic E-state index is 0.0789. The molecule has 0 radical (unpaired) electrons. The van der Waals surface area contributed by atoms with Gasteiger partial charge in [-0.1, -0.05) is 30.3 Å². The Morgan fingerprint density at radius 1 is 1.28 bits per heavy atom. The Morgan fingerprint density at radius 3 is 2.81 bits per heavy atom. The minimum Gasteiger partial charge on any atom is -0.462 e. The first-order valence-electron chi connectivity index (χ1n) is 10.5. The van der Waals surface area contributed by atoms with E-state index in [1.54, 1.807) is 13.1 Å². The smallest absolute Gasteiger partial charge is 0.341 e. The van der Waals surface area contributed by atoms with Crippen molar-refractivity contribution in [3.63, 3.8) is 0 Å². The number of ether oxygens (including phenoxy) is 1. The molecule has 0 fully saturated rings. The Hall–Kier alpha value is -3.70. The molecule has 0 bridgehead atoms. The average Bonchev–Trinajstić information content (AvgIpc) is 3.42. The molecule has 0 saturated heterocycles. The molecule has 0 unspecified atom stereocenters. The predicted octanol–water partition coefficient (Wildman–Crippen LogP) is 4.74. The number of carbonyl (C=O) groups excluding carboxylic acids is 2. The molecule has 162 valence electrons. The topological polar surface area (TPSA) is 108 Å². The number of carbonyl (C=O) groups is 2. The molecule has 3 aromatic rings. The monoisotopic (exact) mass is 446 g/mol. The summed E-state index contributed by atoms with van der Waals surface area (Å²) in [6.07, 6.45) is 6.77. The summed E-state index contributed by atoms with van der Waals surface area (Å²) in [7, 11) is 0. The van der Waals surface area contributed by atoms with Crippen LogP contribution in [0.3, 0.4) is 0 Å². The molecule has 1 aliphatic carbocycles. The van der Waals surface area contributed by atoms with Gasteiger partial charge in [-0.2, -0.15) is 10.4 Å². The van der Waals surface area contributed by atoms with Crippen molar-refractivity contribution in [2.24, 2.45) is 0 Å². The van der Waals surface area contributed by atoms with Crippen molar-refractivity contribution in [2.45, 2.75) is 32.6 Å². The van der Waals surface area contributed by atoms with Gasteiger partial charge in [-0.25, -0.2) is 4.79 Å². The number of nitriles is 1. The summed E-state index contributed by atoms with van der Waals surface area (Å²) >= 11 is 1.39. The van der Waals surface area contributed by atoms with Crippen molar-refractivity contribution in [3.05, 3.63) is 63.7 Å². The van der Waals surface area contributed by atoms with E-state index in [4.69, 9.17) is 4.74 Å². The van der Waals surface area contributed by atoms with Crippen LogP contribution in [0.4, 0.5) is 5.00 Å². The lowest BCUT2D eigenvalue weighted by atomic mass is 9.95. The number of nitrogens with one attached hydrogen (secondary N) is 2. The third kappa shape index (κ3) is 4.34. The van der Waals surface area contributed by atoms with Crippen molar-refractivity contribution >= 4 is 34.3 Å². The van der Waals surface area contributed by atoms with Gasteiger partial charge in [-0.15, -0.1) is 11.3 Å². The third-order valence-electron chi connectivity index (χ3n) is 5.27. The molecular formula is C24H22N4O3S. The van der Waals surface area contributed by atoms with E-state index in [9.17, 15) is 14.9 Å².